The van der Waals surface area contributed by atoms with E-state index >= 15 is 0 Å². The van der Waals surface area contributed by atoms with Crippen LogP contribution in [-0.2, 0) is 6.18 Å². The maximum Gasteiger partial charge on any atom is 0.433 e. The van der Waals surface area contributed by atoms with Gasteiger partial charge in [-0.05, 0) is 15.9 Å². The molecular weight excluding hydrogens is 289 g/mol. The molecule has 84 valence electrons. The molecular formula is C8H4BrF3N4. The fraction of sp³-hybridized carbons (Fsp3) is 0.125. The second-order valence-corrected chi connectivity index (χ2v) is 3.78. The number of alkyl halides is 3. The lowest BCUT2D eigenvalue weighted by Gasteiger charge is -2.06. The van der Waals surface area contributed by atoms with E-state index in [1.807, 2.05) is 0 Å². The third-order valence-electron chi connectivity index (χ3n) is 1.73. The molecule has 2 aromatic heterocycles. The highest BCUT2D eigenvalue weighted by Crippen LogP contribution is 2.27. The number of nitrogens with zero attached hydrogens (tertiary/aromatic N) is 4. The molecule has 0 aromatic carbocycles. The zero-order valence-electron chi connectivity index (χ0n) is 7.61. The van der Waals surface area contributed by atoms with E-state index in [-0.39, 0.29) is 5.82 Å². The molecule has 0 bridgehead atoms. The van der Waals surface area contributed by atoms with Crippen LogP contribution in [0, 0.1) is 0 Å². The quantitative estimate of drug-likeness (QED) is 0.811. The predicted octanol–water partition coefficient (Wildman–Crippen LogP) is 2.44. The van der Waals surface area contributed by atoms with Crippen LogP contribution < -0.4 is 0 Å². The van der Waals surface area contributed by atoms with Crippen molar-refractivity contribution < 1.29 is 13.2 Å². The summed E-state index contributed by atoms with van der Waals surface area (Å²) in [6.45, 7) is 0. The molecule has 0 unspecified atom stereocenters. The zero-order valence-corrected chi connectivity index (χ0v) is 9.20. The normalized spacial score (nSPS) is 11.8. The van der Waals surface area contributed by atoms with E-state index in [4.69, 9.17) is 0 Å². The van der Waals surface area contributed by atoms with Crippen molar-refractivity contribution in [3.63, 3.8) is 0 Å². The third kappa shape index (κ3) is 2.21. The van der Waals surface area contributed by atoms with Crippen LogP contribution in [0.2, 0.25) is 0 Å². The molecule has 0 aliphatic heterocycles. The highest BCUT2D eigenvalue weighted by molar-refractivity contribution is 9.10. The molecule has 0 fully saturated rings. The van der Waals surface area contributed by atoms with Gasteiger partial charge in [-0.2, -0.15) is 18.3 Å². The summed E-state index contributed by atoms with van der Waals surface area (Å²) in [4.78, 5) is 6.86. The summed E-state index contributed by atoms with van der Waals surface area (Å²) in [5, 5.41) is 3.82. The first-order valence-corrected chi connectivity index (χ1v) is 4.86. The third-order valence-corrected chi connectivity index (χ3v) is 2.14. The van der Waals surface area contributed by atoms with E-state index in [9.17, 15) is 13.2 Å². The van der Waals surface area contributed by atoms with Gasteiger partial charge in [-0.3, -0.25) is 0 Å². The SMILES string of the molecule is FC(F)(F)c1cc(-n2cc(Br)cn2)ncn1. The molecule has 16 heavy (non-hydrogen) atoms. The molecule has 0 radical (unpaired) electrons. The smallest absolute Gasteiger partial charge is 0.232 e. The fourth-order valence-electron chi connectivity index (χ4n) is 1.05. The average Bonchev–Trinajstić information content (AvgIpc) is 2.64. The Bertz CT molecular complexity index is 508. The van der Waals surface area contributed by atoms with Crippen molar-refractivity contribution in [1.29, 1.82) is 0 Å². The van der Waals surface area contributed by atoms with Crippen molar-refractivity contribution in [2.45, 2.75) is 6.18 Å². The van der Waals surface area contributed by atoms with Gasteiger partial charge in [0.05, 0.1) is 10.7 Å². The second kappa shape index (κ2) is 3.85. The Labute approximate surface area is 96.3 Å². The molecule has 0 amide bonds. The first-order valence-electron chi connectivity index (χ1n) is 4.06. The number of halogens is 4. The van der Waals surface area contributed by atoms with Crippen LogP contribution in [-0.4, -0.2) is 19.7 Å². The maximum absolute atomic E-state index is 12.4. The van der Waals surface area contributed by atoms with Gasteiger partial charge in [-0.1, -0.05) is 0 Å². The Morgan fingerprint density at radius 1 is 1.25 bits per heavy atom. The van der Waals surface area contributed by atoms with Crippen molar-refractivity contribution in [1.82, 2.24) is 19.7 Å². The van der Waals surface area contributed by atoms with Gasteiger partial charge in [0.1, 0.15) is 12.0 Å². The monoisotopic (exact) mass is 292 g/mol. The molecule has 0 aliphatic rings. The Morgan fingerprint density at radius 2 is 2.00 bits per heavy atom. The van der Waals surface area contributed by atoms with Gasteiger partial charge in [0.25, 0.3) is 0 Å². The van der Waals surface area contributed by atoms with Gasteiger partial charge < -0.3 is 0 Å². The summed E-state index contributed by atoms with van der Waals surface area (Å²) in [6, 6.07) is 0.833. The Kier molecular flexibility index (Phi) is 2.66. The average molecular weight is 293 g/mol. The molecule has 0 saturated heterocycles. The van der Waals surface area contributed by atoms with Crippen LogP contribution in [0.1, 0.15) is 5.69 Å². The summed E-state index contributed by atoms with van der Waals surface area (Å²) < 4.78 is 39.0. The maximum atomic E-state index is 12.4. The minimum Gasteiger partial charge on any atom is -0.232 e. The Morgan fingerprint density at radius 3 is 2.56 bits per heavy atom. The predicted molar refractivity (Wildman–Crippen MR) is 51.9 cm³/mol. The molecule has 0 aliphatic carbocycles. The van der Waals surface area contributed by atoms with Crippen LogP contribution >= 0.6 is 15.9 Å². The molecule has 2 rings (SSSR count). The van der Waals surface area contributed by atoms with Gasteiger partial charge in [-0.15, -0.1) is 0 Å². The molecule has 2 aromatic rings. The van der Waals surface area contributed by atoms with E-state index in [1.54, 1.807) is 0 Å². The van der Waals surface area contributed by atoms with Crippen LogP contribution in [0.3, 0.4) is 0 Å². The lowest BCUT2D eigenvalue weighted by Crippen LogP contribution is -2.10. The molecule has 0 saturated carbocycles. The largest absolute Gasteiger partial charge is 0.433 e. The van der Waals surface area contributed by atoms with Gasteiger partial charge in [-0.25, -0.2) is 14.6 Å². The Balaban J connectivity index is 2.44. The van der Waals surface area contributed by atoms with Crippen LogP contribution in [0.4, 0.5) is 13.2 Å². The zero-order chi connectivity index (χ0) is 11.8. The van der Waals surface area contributed by atoms with Gasteiger partial charge >= 0.3 is 6.18 Å². The topological polar surface area (TPSA) is 43.6 Å². The number of hydrogen-bond donors (Lipinski definition) is 0. The molecule has 8 heteroatoms. The first-order chi connectivity index (χ1) is 7.47. The van der Waals surface area contributed by atoms with Crippen molar-refractivity contribution in [3.05, 3.63) is 35.0 Å². The van der Waals surface area contributed by atoms with Crippen LogP contribution in [0.5, 0.6) is 0 Å². The highest BCUT2D eigenvalue weighted by Gasteiger charge is 2.32. The second-order valence-electron chi connectivity index (χ2n) is 2.86. The van der Waals surface area contributed by atoms with Crippen molar-refractivity contribution in [2.24, 2.45) is 0 Å². The summed E-state index contributed by atoms with van der Waals surface area (Å²) in [5.74, 6) is 0.0630. The summed E-state index contributed by atoms with van der Waals surface area (Å²) in [6.07, 6.45) is -0.673. The highest BCUT2D eigenvalue weighted by atomic mass is 79.9. The summed E-state index contributed by atoms with van der Waals surface area (Å²) in [7, 11) is 0. The van der Waals surface area contributed by atoms with Crippen molar-refractivity contribution >= 4 is 15.9 Å². The van der Waals surface area contributed by atoms with Crippen molar-refractivity contribution in [3.8, 4) is 5.82 Å². The molecule has 2 heterocycles. The molecule has 0 spiro atoms. The summed E-state index contributed by atoms with van der Waals surface area (Å²) >= 11 is 3.14. The van der Waals surface area contributed by atoms with Gasteiger partial charge in [0.2, 0.25) is 0 Å². The lowest BCUT2D eigenvalue weighted by atomic mass is 10.4. The van der Waals surface area contributed by atoms with Gasteiger partial charge in [0, 0.05) is 12.3 Å². The van der Waals surface area contributed by atoms with E-state index in [0.29, 0.717) is 4.47 Å². The van der Waals surface area contributed by atoms with E-state index in [1.165, 1.54) is 17.1 Å². The first kappa shape index (κ1) is 11.1. The van der Waals surface area contributed by atoms with Gasteiger partial charge in [0.15, 0.2) is 5.82 Å². The van der Waals surface area contributed by atoms with Crippen molar-refractivity contribution in [2.75, 3.05) is 0 Å². The van der Waals surface area contributed by atoms with Crippen LogP contribution in [0.25, 0.3) is 5.82 Å². The van der Waals surface area contributed by atoms with E-state index in [2.05, 4.69) is 31.0 Å². The number of hydrogen-bond acceptors (Lipinski definition) is 3. The molecule has 0 N–H and O–H groups in total. The van der Waals surface area contributed by atoms with Crippen LogP contribution in [0.15, 0.2) is 29.3 Å². The number of rotatable bonds is 1. The fourth-order valence-corrected chi connectivity index (χ4v) is 1.34. The van der Waals surface area contributed by atoms with E-state index < -0.39 is 11.9 Å². The summed E-state index contributed by atoms with van der Waals surface area (Å²) in [5.41, 5.74) is -0.996. The van der Waals surface area contributed by atoms with E-state index in [0.717, 1.165) is 12.4 Å². The standard InChI is InChI=1S/C8H4BrF3N4/c9-5-2-15-16(3-5)7-1-6(8(10,11)12)13-4-14-7/h1-4H. The minimum atomic E-state index is -4.48. The Hall–Kier alpha value is -1.44. The molecule has 4 nitrogen and oxygen atoms in total. The molecule has 0 atom stereocenters. The number of aromatic nitrogens is 4. The minimum absolute atomic E-state index is 0.0630. The lowest BCUT2D eigenvalue weighted by molar-refractivity contribution is -0.141.